The Morgan fingerprint density at radius 2 is 2.12 bits per heavy atom. The number of anilines is 1. The van der Waals surface area contributed by atoms with Gasteiger partial charge in [-0.3, -0.25) is 0 Å². The molecule has 6 heteroatoms. The summed E-state index contributed by atoms with van der Waals surface area (Å²) in [5.41, 5.74) is 11.2. The van der Waals surface area contributed by atoms with E-state index >= 15 is 0 Å². The number of fused-ring (bicyclic) bond motifs is 1. The number of hydrogen-bond acceptors (Lipinski definition) is 5. The van der Waals surface area contributed by atoms with Crippen LogP contribution in [0.5, 0.6) is 5.75 Å². The molecule has 1 heterocycles. The van der Waals surface area contributed by atoms with Crippen molar-refractivity contribution in [2.75, 3.05) is 5.73 Å². The van der Waals surface area contributed by atoms with Gasteiger partial charge in [0.25, 0.3) is 5.89 Å². The Morgan fingerprint density at radius 3 is 2.88 bits per heavy atom. The maximum absolute atomic E-state index is 6.10. The first-order valence-corrected chi connectivity index (χ1v) is 9.94. The summed E-state index contributed by atoms with van der Waals surface area (Å²) in [6.07, 6.45) is 2.28. The van der Waals surface area contributed by atoms with E-state index in [0.717, 1.165) is 24.0 Å². The van der Waals surface area contributed by atoms with Crippen LogP contribution < -0.4 is 10.5 Å². The Kier molecular flexibility index (Phi) is 4.60. The van der Waals surface area contributed by atoms with Crippen molar-refractivity contribution in [2.45, 2.75) is 36.7 Å². The summed E-state index contributed by atoms with van der Waals surface area (Å²) in [5, 5.41) is 4.21. The minimum atomic E-state index is 0.0695. The molecule has 1 aromatic heterocycles. The molecule has 2 N–H and O–H groups in total. The van der Waals surface area contributed by atoms with Gasteiger partial charge in [-0.2, -0.15) is 4.98 Å². The van der Waals surface area contributed by atoms with Crippen LogP contribution in [0.2, 0.25) is 0 Å². The number of hydrogen-bond donors (Lipinski definition) is 1. The molecule has 1 aliphatic rings. The summed E-state index contributed by atoms with van der Waals surface area (Å²) in [6, 6.07) is 11.9. The van der Waals surface area contributed by atoms with Crippen molar-refractivity contribution in [3.8, 4) is 28.6 Å². The lowest BCUT2D eigenvalue weighted by molar-refractivity contribution is 0.244. The number of nitrogen functional groups attached to an aromatic ring is 1. The molecule has 1 aliphatic carbocycles. The number of nitrogens with two attached hydrogens (primary N) is 1. The van der Waals surface area contributed by atoms with Gasteiger partial charge < -0.3 is 15.0 Å². The lowest BCUT2D eigenvalue weighted by Gasteiger charge is -2.12. The predicted molar refractivity (Wildman–Crippen MR) is 110 cm³/mol. The Morgan fingerprint density at radius 1 is 1.27 bits per heavy atom. The van der Waals surface area contributed by atoms with Crippen LogP contribution in [0.4, 0.5) is 5.69 Å². The molecule has 134 valence electrons. The van der Waals surface area contributed by atoms with Crippen LogP contribution >= 0.6 is 22.6 Å². The number of aromatic nitrogens is 2. The van der Waals surface area contributed by atoms with Crippen molar-refractivity contribution in [2.24, 2.45) is 0 Å². The monoisotopic (exact) mass is 461 g/mol. The summed E-state index contributed by atoms with van der Waals surface area (Å²) in [7, 11) is 0. The molecule has 0 saturated heterocycles. The average molecular weight is 461 g/mol. The number of halogens is 1. The fourth-order valence-electron chi connectivity index (χ4n) is 3.31. The van der Waals surface area contributed by atoms with E-state index in [2.05, 4.69) is 50.9 Å². The minimum absolute atomic E-state index is 0.0695. The van der Waals surface area contributed by atoms with Crippen molar-refractivity contribution >= 4 is 28.3 Å². The van der Waals surface area contributed by atoms with E-state index in [1.165, 1.54) is 11.1 Å². The normalized spacial score (nSPS) is 16.1. The van der Waals surface area contributed by atoms with Gasteiger partial charge in [-0.15, -0.1) is 0 Å². The Bertz CT molecular complexity index is 952. The van der Waals surface area contributed by atoms with E-state index in [4.69, 9.17) is 15.0 Å². The second-order valence-corrected chi connectivity index (χ2v) is 8.23. The Hall–Kier alpha value is -2.09. The van der Waals surface area contributed by atoms with E-state index in [-0.39, 0.29) is 6.10 Å². The van der Waals surface area contributed by atoms with Gasteiger partial charge in [0.1, 0.15) is 5.75 Å². The third kappa shape index (κ3) is 3.18. The second-order valence-electron chi connectivity index (χ2n) is 6.72. The zero-order valence-electron chi connectivity index (χ0n) is 14.7. The van der Waals surface area contributed by atoms with Gasteiger partial charge in [-0.1, -0.05) is 45.9 Å². The smallest absolute Gasteiger partial charge is 0.258 e. The molecule has 3 aromatic rings. The predicted octanol–water partition coefficient (Wildman–Crippen LogP) is 5.20. The van der Waals surface area contributed by atoms with Gasteiger partial charge in [-0.05, 0) is 56.0 Å². The fraction of sp³-hybridized carbons (Fsp3) is 0.300. The van der Waals surface area contributed by atoms with Crippen LogP contribution in [0.25, 0.3) is 22.8 Å². The quantitative estimate of drug-likeness (QED) is 0.329. The second kappa shape index (κ2) is 6.90. The molecule has 26 heavy (non-hydrogen) atoms. The molecule has 0 saturated carbocycles. The van der Waals surface area contributed by atoms with E-state index in [1.807, 2.05) is 32.0 Å². The third-order valence-electron chi connectivity index (χ3n) is 4.48. The van der Waals surface area contributed by atoms with Crippen LogP contribution in [0.15, 0.2) is 40.9 Å². The average Bonchev–Trinajstić information content (AvgIpc) is 3.24. The zero-order chi connectivity index (χ0) is 18.3. The fourth-order valence-corrected chi connectivity index (χ4v) is 4.20. The molecule has 0 unspecified atom stereocenters. The van der Waals surface area contributed by atoms with Gasteiger partial charge in [0.05, 0.1) is 11.8 Å². The highest BCUT2D eigenvalue weighted by Crippen LogP contribution is 2.42. The lowest BCUT2D eigenvalue weighted by Crippen LogP contribution is -2.07. The molecule has 0 amide bonds. The van der Waals surface area contributed by atoms with Gasteiger partial charge in [0.2, 0.25) is 5.82 Å². The number of ether oxygens (including phenoxy) is 1. The maximum atomic E-state index is 6.10. The lowest BCUT2D eigenvalue weighted by atomic mass is 10.0. The summed E-state index contributed by atoms with van der Waals surface area (Å²) in [4.78, 5) is 4.61. The third-order valence-corrected chi connectivity index (χ3v) is 5.78. The highest BCUT2D eigenvalue weighted by atomic mass is 127. The number of alkyl halides is 1. The van der Waals surface area contributed by atoms with Crippen molar-refractivity contribution in [1.29, 1.82) is 0 Å². The molecule has 4 rings (SSSR count). The standard InChI is InChI=1S/C20H20IN3O2/c1-11(2)25-18-9-6-12(10-17(18)22)20-23-19(24-26-20)15-5-3-4-14-13(15)7-8-16(14)21/h3-6,9-11,16H,7-8,22H2,1-2H3/t16-/m1/s1. The van der Waals surface area contributed by atoms with Crippen molar-refractivity contribution in [3.05, 3.63) is 47.5 Å². The first-order chi connectivity index (χ1) is 12.5. The van der Waals surface area contributed by atoms with Gasteiger partial charge >= 0.3 is 0 Å². The molecular weight excluding hydrogens is 441 g/mol. The van der Waals surface area contributed by atoms with Gasteiger partial charge in [0.15, 0.2) is 0 Å². The SMILES string of the molecule is CC(C)Oc1ccc(-c2nc(-c3cccc4c3CC[C@H]4I)no2)cc1N. The molecule has 0 spiro atoms. The summed E-state index contributed by atoms with van der Waals surface area (Å²) in [6.45, 7) is 3.94. The first kappa shape index (κ1) is 17.3. The van der Waals surface area contributed by atoms with E-state index in [1.54, 1.807) is 0 Å². The van der Waals surface area contributed by atoms with E-state index < -0.39 is 0 Å². The minimum Gasteiger partial charge on any atom is -0.489 e. The zero-order valence-corrected chi connectivity index (χ0v) is 16.9. The molecule has 0 radical (unpaired) electrons. The largest absolute Gasteiger partial charge is 0.489 e. The molecule has 1 atom stereocenters. The topological polar surface area (TPSA) is 74.2 Å². The molecule has 5 nitrogen and oxygen atoms in total. The van der Waals surface area contributed by atoms with Gasteiger partial charge in [-0.25, -0.2) is 0 Å². The highest BCUT2D eigenvalue weighted by molar-refractivity contribution is 14.1. The summed E-state index contributed by atoms with van der Waals surface area (Å²) < 4.78 is 11.7. The Balaban J connectivity index is 1.67. The first-order valence-electron chi connectivity index (χ1n) is 8.69. The van der Waals surface area contributed by atoms with E-state index in [0.29, 0.717) is 27.1 Å². The van der Waals surface area contributed by atoms with Crippen LogP contribution in [0.3, 0.4) is 0 Å². The number of rotatable bonds is 4. The molecule has 0 aliphatic heterocycles. The van der Waals surface area contributed by atoms with Crippen LogP contribution in [-0.4, -0.2) is 16.2 Å². The van der Waals surface area contributed by atoms with Gasteiger partial charge in [0, 0.05) is 15.1 Å². The molecule has 0 fully saturated rings. The maximum Gasteiger partial charge on any atom is 0.258 e. The summed E-state index contributed by atoms with van der Waals surface area (Å²) in [5.74, 6) is 1.75. The molecule has 0 bridgehead atoms. The van der Waals surface area contributed by atoms with Crippen LogP contribution in [-0.2, 0) is 6.42 Å². The van der Waals surface area contributed by atoms with Crippen LogP contribution in [0, 0.1) is 0 Å². The Labute approximate surface area is 166 Å². The number of nitrogens with zero attached hydrogens (tertiary/aromatic N) is 2. The van der Waals surface area contributed by atoms with Crippen molar-refractivity contribution in [3.63, 3.8) is 0 Å². The van der Waals surface area contributed by atoms with Crippen molar-refractivity contribution in [1.82, 2.24) is 10.1 Å². The van der Waals surface area contributed by atoms with E-state index in [9.17, 15) is 0 Å². The number of benzene rings is 2. The summed E-state index contributed by atoms with van der Waals surface area (Å²) >= 11 is 2.50. The molecular formula is C20H20IN3O2. The van der Waals surface area contributed by atoms with Crippen LogP contribution in [0.1, 0.15) is 35.3 Å². The van der Waals surface area contributed by atoms with Crippen molar-refractivity contribution < 1.29 is 9.26 Å². The molecule has 2 aromatic carbocycles. The highest BCUT2D eigenvalue weighted by Gasteiger charge is 2.24.